The number of thioether (sulfide) groups is 1. The van der Waals surface area contributed by atoms with E-state index in [0.717, 1.165) is 0 Å². The van der Waals surface area contributed by atoms with Gasteiger partial charge in [0, 0.05) is 25.0 Å². The molecule has 0 heterocycles. The molecule has 18 heavy (non-hydrogen) atoms. The van der Waals surface area contributed by atoms with Crippen molar-refractivity contribution in [1.29, 1.82) is 0 Å². The molecule has 8 heteroatoms. The number of carbonyl (C=O) groups is 1. The summed E-state index contributed by atoms with van der Waals surface area (Å²) >= 11 is 0.680. The Kier molecular flexibility index (Phi) is 7.09. The molecule has 0 aromatic rings. The monoisotopic (exact) mass is 296 g/mol. The van der Waals surface area contributed by atoms with Crippen LogP contribution in [-0.4, -0.2) is 29.1 Å². The van der Waals surface area contributed by atoms with Crippen LogP contribution in [0.4, 0.5) is 26.3 Å². The lowest BCUT2D eigenvalue weighted by Gasteiger charge is -2.19. The van der Waals surface area contributed by atoms with Crippen molar-refractivity contribution in [2.24, 2.45) is 0 Å². The highest BCUT2D eigenvalue weighted by Crippen LogP contribution is 2.32. The summed E-state index contributed by atoms with van der Waals surface area (Å²) in [6.45, 7) is 1.56. The predicted octanol–water partition coefficient (Wildman–Crippen LogP) is 4.36. The Morgan fingerprint density at radius 3 is 2.17 bits per heavy atom. The zero-order valence-corrected chi connectivity index (χ0v) is 10.5. The third-order valence-electron chi connectivity index (χ3n) is 1.99. The van der Waals surface area contributed by atoms with Crippen molar-refractivity contribution in [3.63, 3.8) is 0 Å². The van der Waals surface area contributed by atoms with Crippen molar-refractivity contribution in [2.45, 2.75) is 50.9 Å². The van der Waals surface area contributed by atoms with Gasteiger partial charge in [0.2, 0.25) is 0 Å². The van der Waals surface area contributed by atoms with Crippen LogP contribution < -0.4 is 0 Å². The van der Waals surface area contributed by atoms with E-state index in [1.54, 1.807) is 6.92 Å². The molecule has 0 fully saturated rings. The highest BCUT2D eigenvalue weighted by atomic mass is 32.2. The van der Waals surface area contributed by atoms with Gasteiger partial charge in [0.25, 0.3) is 5.92 Å². The van der Waals surface area contributed by atoms with Crippen LogP contribution in [0.2, 0.25) is 0 Å². The number of hydrogen-bond acceptors (Lipinski definition) is 2. The lowest BCUT2D eigenvalue weighted by molar-refractivity contribution is -0.153. The van der Waals surface area contributed by atoms with Gasteiger partial charge in [-0.3, -0.25) is 4.79 Å². The fourth-order valence-corrected chi connectivity index (χ4v) is 2.00. The normalized spacial score (nSPS) is 14.6. The average Bonchev–Trinajstić information content (AvgIpc) is 2.12. The van der Waals surface area contributed by atoms with E-state index in [-0.39, 0.29) is 17.3 Å². The fourth-order valence-electron chi connectivity index (χ4n) is 1.17. The van der Waals surface area contributed by atoms with Crippen molar-refractivity contribution in [3.05, 3.63) is 0 Å². The van der Waals surface area contributed by atoms with Gasteiger partial charge in [-0.15, -0.1) is 0 Å². The summed E-state index contributed by atoms with van der Waals surface area (Å²) in [5.41, 5.74) is 0. The molecule has 0 bridgehead atoms. The van der Waals surface area contributed by atoms with E-state index >= 15 is 0 Å². The quantitative estimate of drug-likeness (QED) is 0.649. The minimum absolute atomic E-state index is 0.191. The van der Waals surface area contributed by atoms with E-state index in [2.05, 4.69) is 0 Å². The van der Waals surface area contributed by atoms with E-state index in [1.165, 1.54) is 0 Å². The molecule has 0 aliphatic heterocycles. The SMILES string of the molecule is CCC(=O)SCCC(F)(F)CC(F)CC(F)(F)F. The van der Waals surface area contributed by atoms with E-state index in [0.29, 0.717) is 11.8 Å². The first kappa shape index (κ1) is 17.6. The molecule has 0 radical (unpaired) electrons. The van der Waals surface area contributed by atoms with Crippen LogP contribution in [0, 0.1) is 0 Å². The van der Waals surface area contributed by atoms with Gasteiger partial charge < -0.3 is 0 Å². The topological polar surface area (TPSA) is 17.1 Å². The first-order valence-corrected chi connectivity index (χ1v) is 6.28. The van der Waals surface area contributed by atoms with Crippen LogP contribution in [0.5, 0.6) is 0 Å². The van der Waals surface area contributed by atoms with Gasteiger partial charge >= 0.3 is 6.18 Å². The Balaban J connectivity index is 4.02. The van der Waals surface area contributed by atoms with E-state index in [1.807, 2.05) is 0 Å². The largest absolute Gasteiger partial charge is 0.391 e. The van der Waals surface area contributed by atoms with Gasteiger partial charge in [0.15, 0.2) is 5.12 Å². The fraction of sp³-hybridized carbons (Fsp3) is 0.900. The van der Waals surface area contributed by atoms with E-state index in [4.69, 9.17) is 0 Å². The first-order valence-electron chi connectivity index (χ1n) is 5.30. The number of carbonyl (C=O) groups excluding carboxylic acids is 1. The van der Waals surface area contributed by atoms with Crippen LogP contribution in [0.25, 0.3) is 0 Å². The molecule has 0 N–H and O–H groups in total. The van der Waals surface area contributed by atoms with Crippen molar-refractivity contribution >= 4 is 16.9 Å². The molecule has 0 aromatic heterocycles. The molecule has 0 aliphatic rings. The lowest BCUT2D eigenvalue weighted by Crippen LogP contribution is -2.26. The van der Waals surface area contributed by atoms with E-state index in [9.17, 15) is 31.1 Å². The molecule has 0 amide bonds. The second-order valence-corrected chi connectivity index (χ2v) is 4.95. The Morgan fingerprint density at radius 1 is 1.17 bits per heavy atom. The molecule has 1 nitrogen and oxygen atoms in total. The molecule has 0 saturated carbocycles. The van der Waals surface area contributed by atoms with Crippen molar-refractivity contribution in [1.82, 2.24) is 0 Å². The van der Waals surface area contributed by atoms with Crippen LogP contribution in [0.15, 0.2) is 0 Å². The van der Waals surface area contributed by atoms with Gasteiger partial charge in [-0.1, -0.05) is 18.7 Å². The van der Waals surface area contributed by atoms with Crippen LogP contribution >= 0.6 is 11.8 Å². The summed E-state index contributed by atoms with van der Waals surface area (Å²) in [6, 6.07) is 0. The van der Waals surface area contributed by atoms with E-state index < -0.39 is 37.5 Å². The van der Waals surface area contributed by atoms with Crippen molar-refractivity contribution in [2.75, 3.05) is 5.75 Å². The summed E-state index contributed by atoms with van der Waals surface area (Å²) in [4.78, 5) is 10.8. The highest BCUT2D eigenvalue weighted by molar-refractivity contribution is 8.13. The molecule has 0 saturated heterocycles. The van der Waals surface area contributed by atoms with Crippen molar-refractivity contribution in [3.8, 4) is 0 Å². The van der Waals surface area contributed by atoms with Gasteiger partial charge in [-0.05, 0) is 0 Å². The van der Waals surface area contributed by atoms with Gasteiger partial charge in [-0.2, -0.15) is 13.2 Å². The lowest BCUT2D eigenvalue weighted by atomic mass is 10.1. The van der Waals surface area contributed by atoms with Crippen LogP contribution in [0.3, 0.4) is 0 Å². The Labute approximate surface area is 105 Å². The van der Waals surface area contributed by atoms with Crippen LogP contribution in [0.1, 0.15) is 32.6 Å². The first-order chi connectivity index (χ1) is 8.06. The maximum atomic E-state index is 13.1. The summed E-state index contributed by atoms with van der Waals surface area (Å²) in [6.07, 6.45) is -11.4. The van der Waals surface area contributed by atoms with Gasteiger partial charge in [-0.25, -0.2) is 13.2 Å². The molecule has 0 aliphatic carbocycles. The summed E-state index contributed by atoms with van der Waals surface area (Å²) in [7, 11) is 0. The third-order valence-corrected chi connectivity index (χ3v) is 3.01. The smallest absolute Gasteiger partial charge is 0.287 e. The molecule has 108 valence electrons. The predicted molar refractivity (Wildman–Crippen MR) is 57.5 cm³/mol. The number of rotatable bonds is 7. The summed E-state index contributed by atoms with van der Waals surface area (Å²) in [5.74, 6) is -3.75. The highest BCUT2D eigenvalue weighted by Gasteiger charge is 2.38. The maximum Gasteiger partial charge on any atom is 0.391 e. The molecule has 1 unspecified atom stereocenters. The van der Waals surface area contributed by atoms with Crippen LogP contribution in [-0.2, 0) is 4.79 Å². The Hall–Kier alpha value is -0.400. The molecule has 0 rings (SSSR count). The Morgan fingerprint density at radius 2 is 1.72 bits per heavy atom. The maximum absolute atomic E-state index is 13.1. The van der Waals surface area contributed by atoms with Gasteiger partial charge in [0.1, 0.15) is 6.17 Å². The molecule has 0 aromatic carbocycles. The third kappa shape index (κ3) is 9.61. The zero-order valence-electron chi connectivity index (χ0n) is 9.70. The molecular formula is C10H14F6OS. The van der Waals surface area contributed by atoms with Gasteiger partial charge in [0.05, 0.1) is 6.42 Å². The second kappa shape index (κ2) is 7.25. The Bertz CT molecular complexity index is 266. The number of alkyl halides is 6. The summed E-state index contributed by atoms with van der Waals surface area (Å²) < 4.78 is 74.2. The zero-order chi connectivity index (χ0) is 14.4. The number of halogens is 6. The molecule has 1 atom stereocenters. The number of hydrogen-bond donors (Lipinski definition) is 0. The molecule has 0 spiro atoms. The standard InChI is InChI=1S/C10H14F6OS/c1-2-8(17)18-4-3-9(12,13)5-7(11)6-10(14,15)16/h7H,2-6H2,1H3. The van der Waals surface area contributed by atoms with Crippen molar-refractivity contribution < 1.29 is 31.1 Å². The molecular weight excluding hydrogens is 282 g/mol. The average molecular weight is 296 g/mol. The minimum atomic E-state index is -4.79. The second-order valence-electron chi connectivity index (χ2n) is 3.80. The summed E-state index contributed by atoms with van der Waals surface area (Å²) in [5, 5.41) is -0.280. The minimum Gasteiger partial charge on any atom is -0.287 e.